The minimum absolute atomic E-state index is 0.167. The van der Waals surface area contributed by atoms with E-state index in [4.69, 9.17) is 9.73 Å². The number of amides is 1. The standard InChI is InChI=1S/C39H33N3O4S/c1-4-46-38(45)32-33(27-15-9-6-10-16-27)40-39-42(34(32)28-21-19-26(20-22-28)24(2)3)37(44)35(47-39)31-29-17-11-12-18-30(29)41(36(31)43)23-25-13-7-5-8-14-25/h5-22,24,34H,4,23H2,1-3H3/b35-31-/t34-/m1/s1. The molecule has 3 heterocycles. The molecule has 8 heteroatoms. The van der Waals surface area contributed by atoms with Crippen molar-refractivity contribution >= 4 is 40.2 Å². The van der Waals surface area contributed by atoms with Crippen molar-refractivity contribution in [2.24, 2.45) is 4.99 Å². The first-order chi connectivity index (χ1) is 22.9. The van der Waals surface area contributed by atoms with Crippen molar-refractivity contribution in [3.63, 3.8) is 0 Å². The van der Waals surface area contributed by atoms with Crippen LogP contribution in [0.3, 0.4) is 0 Å². The van der Waals surface area contributed by atoms with E-state index in [1.807, 2.05) is 109 Å². The minimum Gasteiger partial charge on any atom is -0.463 e. The van der Waals surface area contributed by atoms with E-state index >= 15 is 0 Å². The van der Waals surface area contributed by atoms with Crippen LogP contribution >= 0.6 is 11.3 Å². The largest absolute Gasteiger partial charge is 0.463 e. The Morgan fingerprint density at radius 1 is 0.872 bits per heavy atom. The third-order valence-electron chi connectivity index (χ3n) is 8.60. The molecule has 0 aliphatic carbocycles. The highest BCUT2D eigenvalue weighted by Crippen LogP contribution is 2.38. The molecule has 0 spiro atoms. The molecule has 234 valence electrons. The predicted octanol–water partition coefficient (Wildman–Crippen LogP) is 5.98. The normalized spacial score (nSPS) is 16.6. The fourth-order valence-electron chi connectivity index (χ4n) is 6.29. The van der Waals surface area contributed by atoms with Crippen LogP contribution in [0.1, 0.15) is 60.5 Å². The number of nitrogens with zero attached hydrogens (tertiary/aromatic N) is 3. The van der Waals surface area contributed by atoms with Crippen LogP contribution in [0.4, 0.5) is 5.69 Å². The second kappa shape index (κ2) is 12.5. The van der Waals surface area contributed by atoms with E-state index in [0.29, 0.717) is 34.1 Å². The van der Waals surface area contributed by atoms with Crippen molar-refractivity contribution in [1.82, 2.24) is 4.57 Å². The van der Waals surface area contributed by atoms with Crippen molar-refractivity contribution in [2.75, 3.05) is 11.5 Å². The van der Waals surface area contributed by atoms with Gasteiger partial charge in [-0.05, 0) is 35.6 Å². The Hall–Kier alpha value is -5.34. The van der Waals surface area contributed by atoms with Crippen LogP contribution < -0.4 is 19.8 Å². The fraction of sp³-hybridized carbons (Fsp3) is 0.179. The molecule has 2 aliphatic heterocycles. The Morgan fingerprint density at radius 2 is 1.53 bits per heavy atom. The fourth-order valence-corrected chi connectivity index (χ4v) is 7.38. The number of esters is 1. The lowest BCUT2D eigenvalue weighted by molar-refractivity contribution is -0.138. The van der Waals surface area contributed by atoms with Gasteiger partial charge in [-0.15, -0.1) is 0 Å². The van der Waals surface area contributed by atoms with Crippen LogP contribution in [-0.2, 0) is 20.9 Å². The van der Waals surface area contributed by atoms with Gasteiger partial charge in [-0.1, -0.05) is 128 Å². The highest BCUT2D eigenvalue weighted by Gasteiger charge is 2.38. The lowest BCUT2D eigenvalue weighted by Crippen LogP contribution is -2.41. The summed E-state index contributed by atoms with van der Waals surface area (Å²) in [6, 6.07) is 34.0. The third kappa shape index (κ3) is 5.34. The summed E-state index contributed by atoms with van der Waals surface area (Å²) in [7, 11) is 0. The Labute approximate surface area is 276 Å². The number of hydrogen-bond donors (Lipinski definition) is 0. The van der Waals surface area contributed by atoms with Crippen molar-refractivity contribution < 1.29 is 14.3 Å². The zero-order valence-corrected chi connectivity index (χ0v) is 27.2. The molecule has 4 aromatic carbocycles. The summed E-state index contributed by atoms with van der Waals surface area (Å²) in [5.74, 6) is -0.478. The SMILES string of the molecule is CCOC(=O)C1=C(c2ccccc2)N=c2s/c(=C3\C(=O)N(Cc4ccccc4)c4ccccc43)c(=O)n2[C@@H]1c1ccc(C(C)C)cc1. The third-order valence-corrected chi connectivity index (χ3v) is 9.66. The summed E-state index contributed by atoms with van der Waals surface area (Å²) in [5.41, 5.74) is 5.75. The number of carbonyl (C=O) groups excluding carboxylic acids is 2. The second-order valence-electron chi connectivity index (χ2n) is 11.8. The summed E-state index contributed by atoms with van der Waals surface area (Å²) in [6.45, 7) is 6.53. The van der Waals surface area contributed by atoms with Gasteiger partial charge in [0.2, 0.25) is 0 Å². The number of anilines is 1. The molecule has 0 radical (unpaired) electrons. The van der Waals surface area contributed by atoms with Crippen molar-refractivity contribution in [1.29, 1.82) is 0 Å². The molecule has 7 rings (SSSR count). The van der Waals surface area contributed by atoms with Crippen molar-refractivity contribution in [3.8, 4) is 0 Å². The Balaban J connectivity index is 1.50. The number of benzene rings is 4. The van der Waals surface area contributed by atoms with Crippen molar-refractivity contribution in [3.05, 3.63) is 162 Å². The van der Waals surface area contributed by atoms with Gasteiger partial charge in [0.15, 0.2) is 4.80 Å². The maximum Gasteiger partial charge on any atom is 0.338 e. The number of thiazole rings is 1. The molecule has 0 saturated heterocycles. The highest BCUT2D eigenvalue weighted by atomic mass is 32.1. The average molecular weight is 640 g/mol. The van der Waals surface area contributed by atoms with Gasteiger partial charge in [-0.2, -0.15) is 0 Å². The summed E-state index contributed by atoms with van der Waals surface area (Å²) in [4.78, 5) is 49.9. The molecule has 0 unspecified atom stereocenters. The van der Waals surface area contributed by atoms with Gasteiger partial charge in [-0.25, -0.2) is 9.79 Å². The number of para-hydroxylation sites is 1. The Kier molecular flexibility index (Phi) is 8.03. The van der Waals surface area contributed by atoms with E-state index in [0.717, 1.165) is 27.9 Å². The first kappa shape index (κ1) is 30.3. The predicted molar refractivity (Wildman–Crippen MR) is 185 cm³/mol. The molecule has 1 aromatic heterocycles. The lowest BCUT2D eigenvalue weighted by Gasteiger charge is -2.26. The molecule has 5 aromatic rings. The summed E-state index contributed by atoms with van der Waals surface area (Å²) in [6.07, 6.45) is 0. The molecule has 47 heavy (non-hydrogen) atoms. The van der Waals surface area contributed by atoms with E-state index in [9.17, 15) is 14.4 Å². The molecule has 0 fully saturated rings. The van der Waals surface area contributed by atoms with Crippen LogP contribution in [0.25, 0.3) is 11.3 Å². The van der Waals surface area contributed by atoms with E-state index in [1.54, 1.807) is 16.4 Å². The Morgan fingerprint density at radius 3 is 2.21 bits per heavy atom. The minimum atomic E-state index is -0.816. The van der Waals surface area contributed by atoms with Crippen LogP contribution in [0.5, 0.6) is 0 Å². The van der Waals surface area contributed by atoms with E-state index in [1.165, 1.54) is 11.3 Å². The molecule has 1 amide bonds. The number of carbonyl (C=O) groups is 2. The van der Waals surface area contributed by atoms with Crippen LogP contribution in [0.15, 0.2) is 125 Å². The van der Waals surface area contributed by atoms with Gasteiger partial charge in [-0.3, -0.25) is 14.2 Å². The molecular weight excluding hydrogens is 607 g/mol. The van der Waals surface area contributed by atoms with E-state index < -0.39 is 12.0 Å². The average Bonchev–Trinajstić information content (AvgIpc) is 3.56. The van der Waals surface area contributed by atoms with Gasteiger partial charge < -0.3 is 9.64 Å². The monoisotopic (exact) mass is 639 g/mol. The maximum atomic E-state index is 14.7. The second-order valence-corrected chi connectivity index (χ2v) is 12.8. The van der Waals surface area contributed by atoms with Gasteiger partial charge in [0.1, 0.15) is 4.53 Å². The maximum absolute atomic E-state index is 14.7. The first-order valence-electron chi connectivity index (χ1n) is 15.7. The van der Waals surface area contributed by atoms with Crippen LogP contribution in [-0.4, -0.2) is 23.1 Å². The Bertz CT molecular complexity index is 2220. The van der Waals surface area contributed by atoms with Gasteiger partial charge >= 0.3 is 5.97 Å². The summed E-state index contributed by atoms with van der Waals surface area (Å²) in [5, 5.41) is 0. The first-order valence-corrected chi connectivity index (χ1v) is 16.5. The van der Waals surface area contributed by atoms with Gasteiger partial charge in [0.05, 0.1) is 41.7 Å². The van der Waals surface area contributed by atoms with Crippen LogP contribution in [0.2, 0.25) is 0 Å². The van der Waals surface area contributed by atoms with E-state index in [2.05, 4.69) is 13.8 Å². The smallest absolute Gasteiger partial charge is 0.338 e. The molecule has 0 bridgehead atoms. The number of hydrogen-bond acceptors (Lipinski definition) is 6. The zero-order chi connectivity index (χ0) is 32.7. The van der Waals surface area contributed by atoms with Crippen molar-refractivity contribution in [2.45, 2.75) is 39.3 Å². The highest BCUT2D eigenvalue weighted by molar-refractivity contribution is 7.07. The van der Waals surface area contributed by atoms with Crippen LogP contribution in [0, 0.1) is 0 Å². The number of rotatable bonds is 7. The zero-order valence-electron chi connectivity index (χ0n) is 26.3. The van der Waals surface area contributed by atoms with Gasteiger partial charge in [0, 0.05) is 11.1 Å². The molecule has 0 saturated carbocycles. The summed E-state index contributed by atoms with van der Waals surface area (Å²) >= 11 is 1.18. The molecule has 1 atom stereocenters. The number of fused-ring (bicyclic) bond motifs is 2. The molecular formula is C39H33N3O4S. The van der Waals surface area contributed by atoms with E-state index in [-0.39, 0.29) is 28.2 Å². The molecule has 7 nitrogen and oxygen atoms in total. The van der Waals surface area contributed by atoms with Gasteiger partial charge in [0.25, 0.3) is 11.5 Å². The topological polar surface area (TPSA) is 81.0 Å². The lowest BCUT2D eigenvalue weighted by atomic mass is 9.91. The molecule has 2 aliphatic rings. The number of aromatic nitrogens is 1. The molecule has 0 N–H and O–H groups in total. The quantitative estimate of drug-likeness (QED) is 0.206. The summed E-state index contributed by atoms with van der Waals surface area (Å²) < 4.78 is 7.46. The number of ether oxygens (including phenoxy) is 1.